The number of nitro benzene ring substituents is 1. The Morgan fingerprint density at radius 2 is 1.68 bits per heavy atom. The van der Waals surface area contributed by atoms with Gasteiger partial charge in [0.1, 0.15) is 0 Å². The second kappa shape index (κ2) is 7.52. The van der Waals surface area contributed by atoms with Gasteiger partial charge in [0, 0.05) is 35.0 Å². The zero-order valence-corrected chi connectivity index (χ0v) is 14.3. The van der Waals surface area contributed by atoms with Crippen molar-refractivity contribution >= 4 is 17.3 Å². The molecule has 0 aromatic heterocycles. The predicted molar refractivity (Wildman–Crippen MR) is 91.9 cm³/mol. The monoisotopic (exact) mass is 346 g/mol. The Bertz CT molecular complexity index is 794. The maximum Gasteiger partial charge on any atom is 0.273 e. The number of nitro groups is 1. The lowest BCUT2D eigenvalue weighted by Crippen LogP contribution is -2.14. The number of methoxy groups -OCH3 is 3. The molecule has 0 saturated carbocycles. The largest absolute Gasteiger partial charge is 0.493 e. The van der Waals surface area contributed by atoms with Crippen LogP contribution in [-0.2, 0) is 0 Å². The average Bonchev–Trinajstić information content (AvgIpc) is 2.60. The first-order chi connectivity index (χ1) is 11.9. The van der Waals surface area contributed by atoms with Crippen LogP contribution in [0.15, 0.2) is 30.3 Å². The van der Waals surface area contributed by atoms with E-state index in [0.717, 1.165) is 0 Å². The number of ether oxygens (including phenoxy) is 3. The number of nitrogens with one attached hydrogen (secondary N) is 1. The average molecular weight is 346 g/mol. The number of hydrogen-bond donors (Lipinski definition) is 1. The fraction of sp³-hybridized carbons (Fsp3) is 0.235. The molecule has 0 heterocycles. The number of carbonyl (C=O) groups is 1. The molecular formula is C17H18N2O6. The smallest absolute Gasteiger partial charge is 0.273 e. The fourth-order valence-corrected chi connectivity index (χ4v) is 2.42. The molecule has 0 radical (unpaired) electrons. The number of hydrogen-bond acceptors (Lipinski definition) is 6. The minimum atomic E-state index is -0.522. The van der Waals surface area contributed by atoms with Gasteiger partial charge in [0.25, 0.3) is 11.6 Å². The summed E-state index contributed by atoms with van der Waals surface area (Å²) in [4.78, 5) is 23.0. The minimum absolute atomic E-state index is 0.113. The second-order valence-electron chi connectivity index (χ2n) is 5.07. The topological polar surface area (TPSA) is 99.9 Å². The van der Waals surface area contributed by atoms with Gasteiger partial charge >= 0.3 is 0 Å². The third kappa shape index (κ3) is 3.63. The Hall–Kier alpha value is -3.29. The van der Waals surface area contributed by atoms with Crippen molar-refractivity contribution in [1.29, 1.82) is 0 Å². The first kappa shape index (κ1) is 18.1. The number of nitrogens with zero attached hydrogens (tertiary/aromatic N) is 1. The van der Waals surface area contributed by atoms with E-state index in [1.807, 2.05) is 0 Å². The van der Waals surface area contributed by atoms with Crippen molar-refractivity contribution in [2.24, 2.45) is 0 Å². The summed E-state index contributed by atoms with van der Waals surface area (Å²) >= 11 is 0. The van der Waals surface area contributed by atoms with E-state index in [9.17, 15) is 14.9 Å². The molecule has 1 N–H and O–H groups in total. The summed E-state index contributed by atoms with van der Waals surface area (Å²) in [5.74, 6) is 0.686. The summed E-state index contributed by atoms with van der Waals surface area (Å²) in [7, 11) is 4.41. The molecule has 0 fully saturated rings. The van der Waals surface area contributed by atoms with Crippen molar-refractivity contribution < 1.29 is 23.9 Å². The summed E-state index contributed by atoms with van der Waals surface area (Å²) in [6.07, 6.45) is 0. The number of anilines is 1. The lowest BCUT2D eigenvalue weighted by Gasteiger charge is -2.15. The standard InChI is InChI=1S/C17H18N2O6/c1-10-12(6-5-7-13(10)19(21)22)17(20)18-11-8-14(23-2)16(25-4)15(9-11)24-3/h5-9H,1-4H3,(H,18,20). The van der Waals surface area contributed by atoms with Crippen LogP contribution in [0.4, 0.5) is 11.4 Å². The van der Waals surface area contributed by atoms with Crippen LogP contribution in [0.5, 0.6) is 17.2 Å². The molecule has 8 heteroatoms. The Balaban J connectivity index is 2.39. The van der Waals surface area contributed by atoms with Gasteiger partial charge in [-0.05, 0) is 13.0 Å². The van der Waals surface area contributed by atoms with Crippen molar-refractivity contribution in [2.75, 3.05) is 26.6 Å². The summed E-state index contributed by atoms with van der Waals surface area (Å²) in [6, 6.07) is 7.49. The van der Waals surface area contributed by atoms with Crippen LogP contribution < -0.4 is 19.5 Å². The van der Waals surface area contributed by atoms with E-state index in [1.165, 1.54) is 46.5 Å². The van der Waals surface area contributed by atoms with Gasteiger partial charge in [0.15, 0.2) is 11.5 Å². The van der Waals surface area contributed by atoms with E-state index < -0.39 is 10.8 Å². The Morgan fingerprint density at radius 1 is 1.08 bits per heavy atom. The third-order valence-corrected chi connectivity index (χ3v) is 3.67. The number of amides is 1. The van der Waals surface area contributed by atoms with Crippen LogP contribution in [-0.4, -0.2) is 32.2 Å². The summed E-state index contributed by atoms with van der Waals surface area (Å²) in [5.41, 5.74) is 0.795. The quantitative estimate of drug-likeness (QED) is 0.637. The van der Waals surface area contributed by atoms with Crippen LogP contribution in [0.3, 0.4) is 0 Å². The molecule has 2 aromatic rings. The SMILES string of the molecule is COc1cc(NC(=O)c2cccc([N+](=O)[O-])c2C)cc(OC)c1OC. The molecule has 0 spiro atoms. The van der Waals surface area contributed by atoms with Crippen LogP contribution in [0.1, 0.15) is 15.9 Å². The van der Waals surface area contributed by atoms with Gasteiger partial charge in [0.2, 0.25) is 5.75 Å². The van der Waals surface area contributed by atoms with Gasteiger partial charge in [-0.25, -0.2) is 0 Å². The first-order valence-electron chi connectivity index (χ1n) is 7.28. The predicted octanol–water partition coefficient (Wildman–Crippen LogP) is 3.18. The van der Waals surface area contributed by atoms with E-state index in [2.05, 4.69) is 5.32 Å². The maximum absolute atomic E-state index is 12.5. The van der Waals surface area contributed by atoms with Crippen molar-refractivity contribution in [1.82, 2.24) is 0 Å². The molecule has 8 nitrogen and oxygen atoms in total. The van der Waals surface area contributed by atoms with E-state index in [-0.39, 0.29) is 16.8 Å². The van der Waals surface area contributed by atoms with Crippen molar-refractivity contribution in [3.05, 3.63) is 51.6 Å². The van der Waals surface area contributed by atoms with E-state index >= 15 is 0 Å². The Kier molecular flexibility index (Phi) is 5.43. The lowest BCUT2D eigenvalue weighted by atomic mass is 10.1. The molecule has 0 atom stereocenters. The zero-order chi connectivity index (χ0) is 18.6. The molecule has 0 bridgehead atoms. The van der Waals surface area contributed by atoms with E-state index in [1.54, 1.807) is 12.1 Å². The highest BCUT2D eigenvalue weighted by molar-refractivity contribution is 6.06. The Labute approximate surface area is 144 Å². The summed E-state index contributed by atoms with van der Waals surface area (Å²) in [6.45, 7) is 1.53. The molecule has 132 valence electrons. The highest BCUT2D eigenvalue weighted by Crippen LogP contribution is 2.40. The van der Waals surface area contributed by atoms with Crippen molar-refractivity contribution in [3.8, 4) is 17.2 Å². The molecule has 0 aliphatic heterocycles. The van der Waals surface area contributed by atoms with Gasteiger partial charge < -0.3 is 19.5 Å². The van der Waals surface area contributed by atoms with Crippen LogP contribution >= 0.6 is 0 Å². The highest BCUT2D eigenvalue weighted by Gasteiger charge is 2.19. The molecule has 0 aliphatic rings. The van der Waals surface area contributed by atoms with Gasteiger partial charge in [-0.2, -0.15) is 0 Å². The van der Waals surface area contributed by atoms with Crippen molar-refractivity contribution in [3.63, 3.8) is 0 Å². The first-order valence-corrected chi connectivity index (χ1v) is 7.28. The number of rotatable bonds is 6. The second-order valence-corrected chi connectivity index (χ2v) is 5.07. The number of carbonyl (C=O) groups excluding carboxylic acids is 1. The van der Waals surface area contributed by atoms with Gasteiger partial charge in [-0.15, -0.1) is 0 Å². The van der Waals surface area contributed by atoms with Gasteiger partial charge in [-0.1, -0.05) is 6.07 Å². The molecule has 2 rings (SSSR count). The molecule has 0 saturated heterocycles. The highest BCUT2D eigenvalue weighted by atomic mass is 16.6. The van der Waals surface area contributed by atoms with Gasteiger partial charge in [-0.3, -0.25) is 14.9 Å². The van der Waals surface area contributed by atoms with E-state index in [0.29, 0.717) is 22.9 Å². The maximum atomic E-state index is 12.5. The Morgan fingerprint density at radius 3 is 2.16 bits per heavy atom. The summed E-state index contributed by atoms with van der Waals surface area (Å²) < 4.78 is 15.7. The van der Waals surface area contributed by atoms with E-state index in [4.69, 9.17) is 14.2 Å². The zero-order valence-electron chi connectivity index (χ0n) is 14.3. The van der Waals surface area contributed by atoms with Crippen molar-refractivity contribution in [2.45, 2.75) is 6.92 Å². The van der Waals surface area contributed by atoms with Gasteiger partial charge in [0.05, 0.1) is 26.3 Å². The van der Waals surface area contributed by atoms with Crippen LogP contribution in [0, 0.1) is 17.0 Å². The lowest BCUT2D eigenvalue weighted by molar-refractivity contribution is -0.385. The van der Waals surface area contributed by atoms with Crippen LogP contribution in [0.2, 0.25) is 0 Å². The third-order valence-electron chi connectivity index (χ3n) is 3.67. The summed E-state index contributed by atoms with van der Waals surface area (Å²) in [5, 5.41) is 13.7. The molecule has 25 heavy (non-hydrogen) atoms. The molecule has 2 aromatic carbocycles. The fourth-order valence-electron chi connectivity index (χ4n) is 2.42. The number of benzene rings is 2. The molecule has 0 aliphatic carbocycles. The minimum Gasteiger partial charge on any atom is -0.493 e. The molecular weight excluding hydrogens is 328 g/mol. The van der Waals surface area contributed by atoms with Crippen LogP contribution in [0.25, 0.3) is 0 Å². The molecule has 0 unspecified atom stereocenters. The molecule has 1 amide bonds. The normalized spacial score (nSPS) is 10.1.